The molecule has 3 atom stereocenters. The molecule has 2 rings (SSSR count). The van der Waals surface area contributed by atoms with E-state index >= 15 is 0 Å². The molecule has 20 heavy (non-hydrogen) atoms. The Kier molecular flexibility index (Phi) is 4.86. The molecule has 1 aromatic rings. The molecule has 1 fully saturated rings. The zero-order valence-electron chi connectivity index (χ0n) is 12.4. The fourth-order valence-electron chi connectivity index (χ4n) is 2.56. The molecule has 1 saturated heterocycles. The van der Waals surface area contributed by atoms with Crippen LogP contribution in [0.5, 0.6) is 11.5 Å². The van der Waals surface area contributed by atoms with Crippen LogP contribution in [0.1, 0.15) is 25.5 Å². The van der Waals surface area contributed by atoms with E-state index in [0.717, 1.165) is 24.4 Å². The van der Waals surface area contributed by atoms with Crippen molar-refractivity contribution in [1.29, 1.82) is 0 Å². The SMILES string of the molecule is COc1ccc(O)c(C(C)N2CCOC(C(C)N)C2)c1. The Balaban J connectivity index is 2.16. The van der Waals surface area contributed by atoms with Gasteiger partial charge >= 0.3 is 0 Å². The molecule has 3 unspecified atom stereocenters. The highest BCUT2D eigenvalue weighted by Gasteiger charge is 2.28. The summed E-state index contributed by atoms with van der Waals surface area (Å²) in [6.45, 7) is 6.32. The highest BCUT2D eigenvalue weighted by molar-refractivity contribution is 5.41. The van der Waals surface area contributed by atoms with Gasteiger partial charge in [0.15, 0.2) is 0 Å². The number of nitrogens with zero attached hydrogens (tertiary/aromatic N) is 1. The molecule has 1 aromatic carbocycles. The van der Waals surface area contributed by atoms with Crippen molar-refractivity contribution in [3.8, 4) is 11.5 Å². The second-order valence-electron chi connectivity index (χ2n) is 5.36. The fourth-order valence-corrected chi connectivity index (χ4v) is 2.56. The molecule has 5 nitrogen and oxygen atoms in total. The van der Waals surface area contributed by atoms with Gasteiger partial charge in [-0.15, -0.1) is 0 Å². The van der Waals surface area contributed by atoms with Gasteiger partial charge in [0.05, 0.1) is 19.8 Å². The van der Waals surface area contributed by atoms with Crippen molar-refractivity contribution >= 4 is 0 Å². The minimum atomic E-state index is 0.00362. The van der Waals surface area contributed by atoms with Gasteiger partial charge in [-0.3, -0.25) is 4.90 Å². The molecule has 112 valence electrons. The van der Waals surface area contributed by atoms with Gasteiger partial charge in [-0.25, -0.2) is 0 Å². The van der Waals surface area contributed by atoms with Crippen LogP contribution in [0.4, 0.5) is 0 Å². The maximum absolute atomic E-state index is 10.1. The van der Waals surface area contributed by atoms with E-state index < -0.39 is 0 Å². The van der Waals surface area contributed by atoms with Gasteiger partial charge in [0.1, 0.15) is 11.5 Å². The third kappa shape index (κ3) is 3.23. The van der Waals surface area contributed by atoms with Crippen molar-refractivity contribution in [3.05, 3.63) is 23.8 Å². The van der Waals surface area contributed by atoms with Crippen LogP contribution in [-0.2, 0) is 4.74 Å². The number of benzene rings is 1. The van der Waals surface area contributed by atoms with E-state index in [2.05, 4.69) is 11.8 Å². The van der Waals surface area contributed by atoms with Crippen LogP contribution in [0.15, 0.2) is 18.2 Å². The molecule has 0 bridgehead atoms. The van der Waals surface area contributed by atoms with Crippen LogP contribution in [0.2, 0.25) is 0 Å². The number of morpholine rings is 1. The maximum Gasteiger partial charge on any atom is 0.120 e. The first kappa shape index (κ1) is 15.1. The second-order valence-corrected chi connectivity index (χ2v) is 5.36. The highest BCUT2D eigenvalue weighted by atomic mass is 16.5. The molecule has 0 aliphatic carbocycles. The smallest absolute Gasteiger partial charge is 0.120 e. The van der Waals surface area contributed by atoms with E-state index in [4.69, 9.17) is 15.2 Å². The van der Waals surface area contributed by atoms with Gasteiger partial charge in [-0.05, 0) is 32.0 Å². The van der Waals surface area contributed by atoms with E-state index in [1.54, 1.807) is 19.2 Å². The first-order chi connectivity index (χ1) is 9.52. The van der Waals surface area contributed by atoms with Crippen molar-refractivity contribution in [2.45, 2.75) is 32.0 Å². The molecule has 0 aromatic heterocycles. The van der Waals surface area contributed by atoms with Gasteiger partial charge < -0.3 is 20.3 Å². The summed E-state index contributed by atoms with van der Waals surface area (Å²) in [5.74, 6) is 1.05. The highest BCUT2D eigenvalue weighted by Crippen LogP contribution is 2.32. The van der Waals surface area contributed by atoms with Crippen molar-refractivity contribution in [2.24, 2.45) is 5.73 Å². The average Bonchev–Trinajstić information content (AvgIpc) is 2.47. The van der Waals surface area contributed by atoms with Crippen LogP contribution in [0.3, 0.4) is 0 Å². The van der Waals surface area contributed by atoms with E-state index in [-0.39, 0.29) is 18.2 Å². The molecule has 1 aliphatic rings. The lowest BCUT2D eigenvalue weighted by Crippen LogP contribution is -2.50. The number of phenols is 1. The number of aromatic hydroxyl groups is 1. The predicted octanol–water partition coefficient (Wildman–Crippen LogP) is 1.51. The van der Waals surface area contributed by atoms with Crippen molar-refractivity contribution in [2.75, 3.05) is 26.8 Å². The van der Waals surface area contributed by atoms with E-state index in [1.165, 1.54) is 0 Å². The summed E-state index contributed by atoms with van der Waals surface area (Å²) < 4.78 is 10.9. The summed E-state index contributed by atoms with van der Waals surface area (Å²) in [7, 11) is 1.63. The van der Waals surface area contributed by atoms with Gasteiger partial charge in [0, 0.05) is 30.7 Å². The predicted molar refractivity (Wildman–Crippen MR) is 78.0 cm³/mol. The number of hydrogen-bond donors (Lipinski definition) is 2. The molecule has 5 heteroatoms. The standard InChI is InChI=1S/C15H24N2O3/c1-10(16)15-9-17(6-7-20-15)11(2)13-8-12(19-3)4-5-14(13)18/h4-5,8,10-11,15,18H,6-7,9,16H2,1-3H3. The van der Waals surface area contributed by atoms with Gasteiger partial charge in [0.25, 0.3) is 0 Å². The average molecular weight is 280 g/mol. The van der Waals surface area contributed by atoms with E-state index in [0.29, 0.717) is 12.4 Å². The Morgan fingerprint density at radius 1 is 1.45 bits per heavy atom. The third-order valence-electron chi connectivity index (χ3n) is 3.94. The molecule has 3 N–H and O–H groups in total. The normalized spacial score (nSPS) is 23.3. The topological polar surface area (TPSA) is 68.0 Å². The van der Waals surface area contributed by atoms with Gasteiger partial charge in [0.2, 0.25) is 0 Å². The molecule has 1 heterocycles. The van der Waals surface area contributed by atoms with Gasteiger partial charge in [-0.1, -0.05) is 0 Å². The Morgan fingerprint density at radius 2 is 2.20 bits per heavy atom. The lowest BCUT2D eigenvalue weighted by molar-refractivity contribution is -0.0500. The zero-order chi connectivity index (χ0) is 14.7. The summed E-state index contributed by atoms with van der Waals surface area (Å²) in [6.07, 6.45) is 0.0407. The summed E-state index contributed by atoms with van der Waals surface area (Å²) in [4.78, 5) is 2.28. The minimum absolute atomic E-state index is 0.00362. The molecule has 0 spiro atoms. The molecule has 0 radical (unpaired) electrons. The Labute approximate surface area is 120 Å². The number of rotatable bonds is 4. The molecule has 1 aliphatic heterocycles. The Morgan fingerprint density at radius 3 is 2.85 bits per heavy atom. The first-order valence-corrected chi connectivity index (χ1v) is 7.01. The number of hydrogen-bond acceptors (Lipinski definition) is 5. The first-order valence-electron chi connectivity index (χ1n) is 7.01. The largest absolute Gasteiger partial charge is 0.508 e. The Bertz CT molecular complexity index is 451. The van der Waals surface area contributed by atoms with Crippen molar-refractivity contribution in [1.82, 2.24) is 4.90 Å². The van der Waals surface area contributed by atoms with Crippen LogP contribution in [0, 0.1) is 0 Å². The summed E-state index contributed by atoms with van der Waals surface area (Å²) in [6, 6.07) is 5.42. The Hall–Kier alpha value is -1.30. The van der Waals surface area contributed by atoms with Crippen LogP contribution in [0.25, 0.3) is 0 Å². The number of ether oxygens (including phenoxy) is 2. The van der Waals surface area contributed by atoms with Crippen molar-refractivity contribution < 1.29 is 14.6 Å². The monoisotopic (exact) mass is 280 g/mol. The number of phenolic OH excluding ortho intramolecular Hbond substituents is 1. The van der Waals surface area contributed by atoms with Gasteiger partial charge in [-0.2, -0.15) is 0 Å². The molecule has 0 saturated carbocycles. The van der Waals surface area contributed by atoms with Crippen LogP contribution >= 0.6 is 0 Å². The lowest BCUT2D eigenvalue weighted by Gasteiger charge is -2.38. The van der Waals surface area contributed by atoms with Crippen molar-refractivity contribution in [3.63, 3.8) is 0 Å². The van der Waals surface area contributed by atoms with E-state index in [9.17, 15) is 5.11 Å². The summed E-state index contributed by atoms with van der Waals surface area (Å²) in [5, 5.41) is 10.1. The minimum Gasteiger partial charge on any atom is -0.508 e. The van der Waals surface area contributed by atoms with Crippen LogP contribution < -0.4 is 10.5 Å². The maximum atomic E-state index is 10.1. The van der Waals surface area contributed by atoms with Crippen LogP contribution in [-0.4, -0.2) is 49.0 Å². The third-order valence-corrected chi connectivity index (χ3v) is 3.94. The fraction of sp³-hybridized carbons (Fsp3) is 0.600. The number of nitrogens with two attached hydrogens (primary N) is 1. The van der Waals surface area contributed by atoms with E-state index in [1.807, 2.05) is 13.0 Å². The molecule has 0 amide bonds. The zero-order valence-corrected chi connectivity index (χ0v) is 12.4. The summed E-state index contributed by atoms with van der Waals surface area (Å²) in [5.41, 5.74) is 6.79. The molecular weight excluding hydrogens is 256 g/mol. The quantitative estimate of drug-likeness (QED) is 0.875. The lowest BCUT2D eigenvalue weighted by atomic mass is 10.0. The molecular formula is C15H24N2O3. The second kappa shape index (κ2) is 6.43. The number of methoxy groups -OCH3 is 1. The summed E-state index contributed by atoms with van der Waals surface area (Å²) >= 11 is 0.